The van der Waals surface area contributed by atoms with E-state index in [1.165, 1.54) is 7.11 Å². The number of fused-ring (bicyclic) bond motifs is 3. The molecule has 3 aromatic rings. The van der Waals surface area contributed by atoms with E-state index >= 15 is 0 Å². The Bertz CT molecular complexity index is 1110. The summed E-state index contributed by atoms with van der Waals surface area (Å²) in [7, 11) is 1.44. The van der Waals surface area contributed by atoms with Gasteiger partial charge in [0.2, 0.25) is 0 Å². The minimum absolute atomic E-state index is 0.100. The lowest BCUT2D eigenvalue weighted by atomic mass is 10.0. The van der Waals surface area contributed by atoms with Gasteiger partial charge < -0.3 is 9.84 Å². The zero-order chi connectivity index (χ0) is 19.1. The summed E-state index contributed by atoms with van der Waals surface area (Å²) in [4.78, 5) is 20.4. The van der Waals surface area contributed by atoms with Gasteiger partial charge in [-0.05, 0) is 24.3 Å². The number of ether oxygens (including phenoxy) is 1. The number of aliphatic imine (C=N–C) groups is 1. The van der Waals surface area contributed by atoms with Crippen LogP contribution in [0.1, 0.15) is 27.3 Å². The molecule has 0 saturated carbocycles. The number of aromatic nitrogens is 2. The van der Waals surface area contributed by atoms with Crippen molar-refractivity contribution in [2.75, 3.05) is 7.11 Å². The van der Waals surface area contributed by atoms with E-state index in [1.807, 2.05) is 18.2 Å². The maximum absolute atomic E-state index is 11.7. The Morgan fingerprint density at radius 2 is 1.96 bits per heavy atom. The van der Waals surface area contributed by atoms with Gasteiger partial charge in [-0.1, -0.05) is 41.4 Å². The standard InChI is InChI=1S/C19H13Cl2N3O3/c1-27-19-23-17(18(25)26)15-9-22-16(11-4-2-3-5-13(11)21)12-8-10(20)6-7-14(12)24(15)19/h2-8H,9H2,1H3,(H,25,26). The van der Waals surface area contributed by atoms with Gasteiger partial charge >= 0.3 is 12.0 Å². The molecule has 2 heterocycles. The van der Waals surface area contributed by atoms with Crippen LogP contribution < -0.4 is 4.74 Å². The molecule has 8 heteroatoms. The summed E-state index contributed by atoms with van der Waals surface area (Å²) in [5.74, 6) is -1.14. The average Bonchev–Trinajstić information content (AvgIpc) is 2.94. The van der Waals surface area contributed by atoms with Crippen molar-refractivity contribution in [2.24, 2.45) is 4.99 Å². The van der Waals surface area contributed by atoms with Gasteiger partial charge in [-0.2, -0.15) is 4.98 Å². The normalized spacial score (nSPS) is 12.6. The van der Waals surface area contributed by atoms with Crippen LogP contribution in [0.5, 0.6) is 6.01 Å². The summed E-state index contributed by atoms with van der Waals surface area (Å²) in [6, 6.07) is 12.8. The monoisotopic (exact) mass is 401 g/mol. The third kappa shape index (κ3) is 2.87. The van der Waals surface area contributed by atoms with E-state index in [4.69, 9.17) is 27.9 Å². The molecule has 0 bridgehead atoms. The van der Waals surface area contributed by atoms with Crippen LogP contribution in [0.4, 0.5) is 0 Å². The molecule has 136 valence electrons. The second-order valence-electron chi connectivity index (χ2n) is 5.84. The van der Waals surface area contributed by atoms with Crippen LogP contribution >= 0.6 is 23.2 Å². The molecule has 0 aliphatic carbocycles. The quantitative estimate of drug-likeness (QED) is 0.711. The lowest BCUT2D eigenvalue weighted by molar-refractivity contribution is 0.0689. The first-order valence-corrected chi connectivity index (χ1v) is 8.75. The first-order chi connectivity index (χ1) is 13.0. The van der Waals surface area contributed by atoms with Gasteiger partial charge in [0, 0.05) is 21.2 Å². The predicted octanol–water partition coefficient (Wildman–Crippen LogP) is 4.24. The second kappa shape index (κ2) is 6.72. The minimum Gasteiger partial charge on any atom is -0.476 e. The maximum atomic E-state index is 11.7. The number of imidazole rings is 1. The van der Waals surface area contributed by atoms with Crippen LogP contribution in [-0.4, -0.2) is 33.4 Å². The number of halogens is 2. The number of hydrogen-bond acceptors (Lipinski definition) is 4. The van der Waals surface area contributed by atoms with Gasteiger partial charge in [-0.3, -0.25) is 9.56 Å². The summed E-state index contributed by atoms with van der Waals surface area (Å²) < 4.78 is 6.98. The van der Waals surface area contributed by atoms with Crippen molar-refractivity contribution in [2.45, 2.75) is 6.54 Å². The molecule has 6 nitrogen and oxygen atoms in total. The van der Waals surface area contributed by atoms with Crippen LogP contribution in [0, 0.1) is 0 Å². The summed E-state index contributed by atoms with van der Waals surface area (Å²) in [5, 5.41) is 10.6. The Morgan fingerprint density at radius 3 is 2.67 bits per heavy atom. The average molecular weight is 402 g/mol. The fraction of sp³-hybridized carbons (Fsp3) is 0.105. The molecule has 0 fully saturated rings. The Balaban J connectivity index is 2.05. The Kier molecular flexibility index (Phi) is 4.37. The van der Waals surface area contributed by atoms with Gasteiger partial charge in [0.15, 0.2) is 5.69 Å². The Labute approximate surface area is 164 Å². The second-order valence-corrected chi connectivity index (χ2v) is 6.68. The van der Waals surface area contributed by atoms with Crippen LogP contribution in [0.25, 0.3) is 5.69 Å². The van der Waals surface area contributed by atoms with E-state index in [0.29, 0.717) is 32.7 Å². The first kappa shape index (κ1) is 17.6. The number of carbonyl (C=O) groups is 1. The van der Waals surface area contributed by atoms with E-state index in [9.17, 15) is 9.90 Å². The van der Waals surface area contributed by atoms with Gasteiger partial charge in [0.25, 0.3) is 0 Å². The highest BCUT2D eigenvalue weighted by atomic mass is 35.5. The van der Waals surface area contributed by atoms with Crippen molar-refractivity contribution in [1.29, 1.82) is 0 Å². The van der Waals surface area contributed by atoms with Crippen molar-refractivity contribution in [3.05, 3.63) is 75.0 Å². The zero-order valence-electron chi connectivity index (χ0n) is 14.1. The van der Waals surface area contributed by atoms with Gasteiger partial charge in [-0.25, -0.2) is 4.79 Å². The number of benzene rings is 2. The lowest BCUT2D eigenvalue weighted by Gasteiger charge is -2.14. The number of rotatable bonds is 3. The van der Waals surface area contributed by atoms with Crippen LogP contribution in [-0.2, 0) is 6.54 Å². The van der Waals surface area contributed by atoms with Crippen molar-refractivity contribution < 1.29 is 14.6 Å². The maximum Gasteiger partial charge on any atom is 0.356 e. The van der Waals surface area contributed by atoms with E-state index in [0.717, 1.165) is 5.56 Å². The molecule has 2 aromatic carbocycles. The SMILES string of the molecule is COc1nc(C(=O)O)c2n1-c1ccc(Cl)cc1C(c1ccccc1Cl)=NC2. The van der Waals surface area contributed by atoms with Crippen LogP contribution in [0.15, 0.2) is 47.5 Å². The van der Waals surface area contributed by atoms with Gasteiger partial charge in [-0.15, -0.1) is 0 Å². The topological polar surface area (TPSA) is 76.7 Å². The number of carboxylic acids is 1. The van der Waals surface area contributed by atoms with E-state index < -0.39 is 5.97 Å². The fourth-order valence-electron chi connectivity index (χ4n) is 3.15. The Hall–Kier alpha value is -2.83. The molecule has 0 radical (unpaired) electrons. The van der Waals surface area contributed by atoms with Crippen molar-refractivity contribution in [1.82, 2.24) is 9.55 Å². The zero-order valence-corrected chi connectivity index (χ0v) is 15.6. The molecule has 1 N–H and O–H groups in total. The molecule has 0 atom stereocenters. The number of methoxy groups -OCH3 is 1. The molecule has 0 unspecified atom stereocenters. The smallest absolute Gasteiger partial charge is 0.356 e. The third-order valence-corrected chi connectivity index (χ3v) is 4.86. The van der Waals surface area contributed by atoms with E-state index in [1.54, 1.807) is 28.8 Å². The number of aromatic carboxylic acids is 1. The van der Waals surface area contributed by atoms with E-state index in [2.05, 4.69) is 9.98 Å². The molecule has 0 amide bonds. The molecule has 1 aliphatic rings. The number of hydrogen-bond donors (Lipinski definition) is 1. The van der Waals surface area contributed by atoms with Crippen molar-refractivity contribution >= 4 is 34.9 Å². The third-order valence-electron chi connectivity index (χ3n) is 4.30. The fourth-order valence-corrected chi connectivity index (χ4v) is 3.55. The number of nitrogens with zero attached hydrogens (tertiary/aromatic N) is 3. The summed E-state index contributed by atoms with van der Waals surface area (Å²) >= 11 is 12.6. The highest BCUT2D eigenvalue weighted by molar-refractivity contribution is 6.36. The van der Waals surface area contributed by atoms with Crippen molar-refractivity contribution in [3.63, 3.8) is 0 Å². The molecule has 1 aromatic heterocycles. The predicted molar refractivity (Wildman–Crippen MR) is 103 cm³/mol. The van der Waals surface area contributed by atoms with E-state index in [-0.39, 0.29) is 18.2 Å². The summed E-state index contributed by atoms with van der Waals surface area (Å²) in [6.07, 6.45) is 0. The molecular formula is C19H13Cl2N3O3. The van der Waals surface area contributed by atoms with Gasteiger partial charge in [0.1, 0.15) is 0 Å². The molecular weight excluding hydrogens is 389 g/mol. The summed E-state index contributed by atoms with van der Waals surface area (Å²) in [6.45, 7) is 0.102. The Morgan fingerprint density at radius 1 is 1.19 bits per heavy atom. The van der Waals surface area contributed by atoms with Crippen molar-refractivity contribution in [3.8, 4) is 11.7 Å². The molecule has 0 saturated heterocycles. The van der Waals surface area contributed by atoms with Gasteiger partial charge in [0.05, 0.1) is 30.7 Å². The number of carboxylic acid groups (broad SMARTS) is 1. The molecule has 4 rings (SSSR count). The minimum atomic E-state index is -1.14. The lowest BCUT2D eigenvalue weighted by Crippen LogP contribution is -2.09. The highest BCUT2D eigenvalue weighted by Gasteiger charge is 2.28. The highest BCUT2D eigenvalue weighted by Crippen LogP contribution is 2.34. The molecule has 0 spiro atoms. The largest absolute Gasteiger partial charge is 0.476 e. The molecule has 1 aliphatic heterocycles. The first-order valence-electron chi connectivity index (χ1n) is 7.99. The molecule has 27 heavy (non-hydrogen) atoms. The van der Waals surface area contributed by atoms with Crippen LogP contribution in [0.2, 0.25) is 10.0 Å². The van der Waals surface area contributed by atoms with Crippen LogP contribution in [0.3, 0.4) is 0 Å². The summed E-state index contributed by atoms with van der Waals surface area (Å²) in [5.41, 5.74) is 3.06.